The van der Waals surface area contributed by atoms with Crippen molar-refractivity contribution in [1.29, 1.82) is 0 Å². The van der Waals surface area contributed by atoms with Crippen LogP contribution in [-0.4, -0.2) is 29.6 Å². The molecule has 8 atom stereocenters. The number of fused-ring (bicyclic) bond motifs is 6. The Morgan fingerprint density at radius 2 is 1.76 bits per heavy atom. The standard InChI is InChI=1S/C28H34O5/c1-26-12-10-19(29)14-18(26)8-9-20-21-11-13-28(27(21,2)15-22(30)24(20)26)23(31)16-32-25(33-28)17-6-4-3-5-7-17/h3-7,18,20-21,24-25H,8-16H2,1-2H3/t18-,20+,21+,24-,25?,26+,27+,28+/m1/s1. The Labute approximate surface area is 195 Å². The number of benzene rings is 1. The first-order chi connectivity index (χ1) is 15.8. The fraction of sp³-hybridized carbons (Fsp3) is 0.679. The van der Waals surface area contributed by atoms with Gasteiger partial charge in [0.15, 0.2) is 12.1 Å². The van der Waals surface area contributed by atoms with Gasteiger partial charge in [-0.05, 0) is 55.3 Å². The van der Waals surface area contributed by atoms with Gasteiger partial charge in [0.2, 0.25) is 0 Å². The minimum absolute atomic E-state index is 0.00547. The van der Waals surface area contributed by atoms with Gasteiger partial charge in [-0.3, -0.25) is 14.4 Å². The van der Waals surface area contributed by atoms with E-state index in [0.717, 1.165) is 31.2 Å². The quantitative estimate of drug-likeness (QED) is 0.613. The van der Waals surface area contributed by atoms with Crippen LogP contribution in [0, 0.1) is 34.5 Å². The predicted octanol–water partition coefficient (Wildman–Crippen LogP) is 4.83. The van der Waals surface area contributed by atoms with Crippen LogP contribution in [-0.2, 0) is 23.9 Å². The third-order valence-electron chi connectivity index (χ3n) is 10.5. The monoisotopic (exact) mass is 450 g/mol. The van der Waals surface area contributed by atoms with E-state index in [1.807, 2.05) is 30.3 Å². The molecule has 5 nitrogen and oxygen atoms in total. The number of hydrogen-bond acceptors (Lipinski definition) is 5. The van der Waals surface area contributed by atoms with Gasteiger partial charge >= 0.3 is 0 Å². The van der Waals surface area contributed by atoms with Crippen molar-refractivity contribution in [2.45, 2.75) is 77.1 Å². The number of ether oxygens (including phenoxy) is 2. The molecule has 4 aliphatic carbocycles. The van der Waals surface area contributed by atoms with Gasteiger partial charge in [0.1, 0.15) is 23.8 Å². The Morgan fingerprint density at radius 1 is 0.970 bits per heavy atom. The molecule has 1 unspecified atom stereocenters. The smallest absolute Gasteiger partial charge is 0.190 e. The van der Waals surface area contributed by atoms with E-state index in [2.05, 4.69) is 13.8 Å². The van der Waals surface area contributed by atoms with Crippen LogP contribution >= 0.6 is 0 Å². The molecule has 176 valence electrons. The minimum atomic E-state index is -0.961. The molecule has 0 amide bonds. The van der Waals surface area contributed by atoms with Crippen molar-refractivity contribution in [3.8, 4) is 0 Å². The zero-order valence-electron chi connectivity index (χ0n) is 19.7. The fourth-order valence-electron chi connectivity index (χ4n) is 8.82. The Morgan fingerprint density at radius 3 is 2.55 bits per heavy atom. The molecule has 33 heavy (non-hydrogen) atoms. The largest absolute Gasteiger partial charge is 0.340 e. The summed E-state index contributed by atoms with van der Waals surface area (Å²) >= 11 is 0. The zero-order valence-corrected chi connectivity index (χ0v) is 19.7. The van der Waals surface area contributed by atoms with Crippen molar-refractivity contribution in [1.82, 2.24) is 0 Å². The van der Waals surface area contributed by atoms with Gasteiger partial charge in [-0.2, -0.15) is 0 Å². The molecule has 1 heterocycles. The van der Waals surface area contributed by atoms with Crippen molar-refractivity contribution < 1.29 is 23.9 Å². The lowest BCUT2D eigenvalue weighted by Crippen LogP contribution is -2.64. The molecule has 0 radical (unpaired) electrons. The van der Waals surface area contributed by atoms with Gasteiger partial charge in [0.05, 0.1) is 0 Å². The third kappa shape index (κ3) is 2.88. The number of ketones is 3. The molecule has 6 rings (SSSR count). The van der Waals surface area contributed by atoms with Gasteiger partial charge in [0.25, 0.3) is 0 Å². The summed E-state index contributed by atoms with van der Waals surface area (Å²) in [5, 5.41) is 0. The highest BCUT2D eigenvalue weighted by Gasteiger charge is 2.71. The van der Waals surface area contributed by atoms with E-state index in [0.29, 0.717) is 43.2 Å². The summed E-state index contributed by atoms with van der Waals surface area (Å²) in [4.78, 5) is 39.5. The maximum absolute atomic E-state index is 13.9. The molecular formula is C28H34O5. The summed E-state index contributed by atoms with van der Waals surface area (Å²) in [6, 6.07) is 9.80. The molecule has 1 aliphatic heterocycles. The zero-order chi connectivity index (χ0) is 23.0. The summed E-state index contributed by atoms with van der Waals surface area (Å²) in [5.41, 5.74) is -0.640. The van der Waals surface area contributed by atoms with E-state index in [-0.39, 0.29) is 35.6 Å². The number of carbonyl (C=O) groups excluding carboxylic acids is 3. The summed E-state index contributed by atoms with van der Waals surface area (Å²) in [6.45, 7) is 4.45. The van der Waals surface area contributed by atoms with Crippen LogP contribution in [0.15, 0.2) is 30.3 Å². The molecule has 5 aliphatic rings. The van der Waals surface area contributed by atoms with Crippen molar-refractivity contribution in [3.63, 3.8) is 0 Å². The molecule has 1 aromatic rings. The molecule has 0 N–H and O–H groups in total. The van der Waals surface area contributed by atoms with E-state index < -0.39 is 17.3 Å². The van der Waals surface area contributed by atoms with Crippen molar-refractivity contribution in [2.24, 2.45) is 34.5 Å². The number of hydrogen-bond donors (Lipinski definition) is 0. The first-order valence-electron chi connectivity index (χ1n) is 12.7. The van der Waals surface area contributed by atoms with Crippen LogP contribution < -0.4 is 0 Å². The molecule has 4 saturated carbocycles. The van der Waals surface area contributed by atoms with Gasteiger partial charge in [0, 0.05) is 36.2 Å². The second-order valence-electron chi connectivity index (χ2n) is 11.8. The molecule has 1 saturated heterocycles. The Kier molecular flexibility index (Phi) is 4.81. The third-order valence-corrected chi connectivity index (χ3v) is 10.5. The average Bonchev–Trinajstić information content (AvgIpc) is 3.08. The van der Waals surface area contributed by atoms with E-state index in [1.54, 1.807) is 0 Å². The fourth-order valence-corrected chi connectivity index (χ4v) is 8.82. The summed E-state index contributed by atoms with van der Waals surface area (Å²) in [6.07, 6.45) is 5.45. The van der Waals surface area contributed by atoms with Gasteiger partial charge < -0.3 is 9.47 Å². The molecule has 0 bridgehead atoms. The topological polar surface area (TPSA) is 69.7 Å². The van der Waals surface area contributed by atoms with Crippen LogP contribution in [0.5, 0.6) is 0 Å². The van der Waals surface area contributed by atoms with Gasteiger partial charge in [-0.25, -0.2) is 0 Å². The molecule has 1 aromatic carbocycles. The lowest BCUT2D eigenvalue weighted by molar-refractivity contribution is -0.273. The summed E-state index contributed by atoms with van der Waals surface area (Å²) in [7, 11) is 0. The molecule has 5 fully saturated rings. The normalized spacial score (nSPS) is 47.2. The first-order valence-corrected chi connectivity index (χ1v) is 12.7. The highest BCUT2D eigenvalue weighted by molar-refractivity contribution is 5.93. The lowest BCUT2D eigenvalue weighted by Gasteiger charge is -2.60. The van der Waals surface area contributed by atoms with E-state index in [9.17, 15) is 14.4 Å². The minimum Gasteiger partial charge on any atom is -0.340 e. The second-order valence-corrected chi connectivity index (χ2v) is 11.8. The van der Waals surface area contributed by atoms with E-state index in [4.69, 9.17) is 9.47 Å². The van der Waals surface area contributed by atoms with Crippen LogP contribution in [0.1, 0.15) is 77.1 Å². The summed E-state index contributed by atoms with van der Waals surface area (Å²) in [5.74, 6) is 1.55. The van der Waals surface area contributed by atoms with Crippen molar-refractivity contribution in [2.75, 3.05) is 6.61 Å². The van der Waals surface area contributed by atoms with Gasteiger partial charge in [-0.15, -0.1) is 0 Å². The number of rotatable bonds is 1. The Balaban J connectivity index is 1.35. The highest BCUT2D eigenvalue weighted by Crippen LogP contribution is 2.68. The first kappa shape index (κ1) is 21.7. The average molecular weight is 451 g/mol. The maximum Gasteiger partial charge on any atom is 0.190 e. The van der Waals surface area contributed by atoms with Crippen molar-refractivity contribution in [3.05, 3.63) is 35.9 Å². The lowest BCUT2D eigenvalue weighted by atomic mass is 9.44. The molecule has 5 heteroatoms. The number of carbonyl (C=O) groups is 3. The Hall–Kier alpha value is -1.85. The van der Waals surface area contributed by atoms with Crippen LogP contribution in [0.2, 0.25) is 0 Å². The molecular weight excluding hydrogens is 416 g/mol. The SMILES string of the molecule is C[C@]12CCC(=O)C[C@H]1CC[C@@H]1[C@@H]2C(=O)C[C@@]2(C)[C@H]1CC[C@@]21OC(c2ccccc2)OCC1=O. The molecule has 0 aromatic heterocycles. The Bertz CT molecular complexity index is 1000. The predicted molar refractivity (Wildman–Crippen MR) is 121 cm³/mol. The van der Waals surface area contributed by atoms with E-state index in [1.165, 1.54) is 0 Å². The second kappa shape index (κ2) is 7.32. The van der Waals surface area contributed by atoms with Crippen LogP contribution in [0.3, 0.4) is 0 Å². The molecule has 1 spiro atoms. The van der Waals surface area contributed by atoms with Crippen molar-refractivity contribution >= 4 is 17.3 Å². The highest BCUT2D eigenvalue weighted by atomic mass is 16.7. The van der Waals surface area contributed by atoms with Gasteiger partial charge in [-0.1, -0.05) is 44.2 Å². The van der Waals surface area contributed by atoms with Crippen LogP contribution in [0.4, 0.5) is 0 Å². The summed E-state index contributed by atoms with van der Waals surface area (Å²) < 4.78 is 12.4. The number of Topliss-reactive ketones (excluding diaryl/α,β-unsaturated/α-hetero) is 3. The van der Waals surface area contributed by atoms with E-state index >= 15 is 0 Å². The van der Waals surface area contributed by atoms with Crippen LogP contribution in [0.25, 0.3) is 0 Å². The maximum atomic E-state index is 13.9.